The van der Waals surface area contributed by atoms with Crippen LogP contribution in [0, 0.1) is 12.8 Å². The Morgan fingerprint density at radius 3 is 2.59 bits per heavy atom. The zero-order chi connectivity index (χ0) is 23.0. The Bertz CT molecular complexity index is 1140. The summed E-state index contributed by atoms with van der Waals surface area (Å²) in [7, 11) is 0. The highest BCUT2D eigenvalue weighted by Gasteiger charge is 2.32. The van der Waals surface area contributed by atoms with Crippen LogP contribution in [0.2, 0.25) is 0 Å². The normalized spacial score (nSPS) is 15.0. The third-order valence-electron chi connectivity index (χ3n) is 5.94. The van der Waals surface area contributed by atoms with E-state index in [-0.39, 0.29) is 18.5 Å². The van der Waals surface area contributed by atoms with Crippen LogP contribution in [-0.2, 0) is 12.7 Å². The van der Waals surface area contributed by atoms with Gasteiger partial charge in [0.2, 0.25) is 0 Å². The molecule has 0 spiro atoms. The molecule has 0 aliphatic heterocycles. The molecule has 2 N–H and O–H groups in total. The molecule has 1 atom stereocenters. The van der Waals surface area contributed by atoms with Gasteiger partial charge in [-0.05, 0) is 68.1 Å². The van der Waals surface area contributed by atoms with Gasteiger partial charge in [-0.2, -0.15) is 13.2 Å². The number of carbonyl (C=O) groups excluding carboxylic acids is 1. The molecule has 0 radical (unpaired) electrons. The van der Waals surface area contributed by atoms with Crippen molar-refractivity contribution in [3.8, 4) is 0 Å². The molecule has 32 heavy (non-hydrogen) atoms. The second-order valence-corrected chi connectivity index (χ2v) is 8.60. The second-order valence-electron chi connectivity index (χ2n) is 8.60. The van der Waals surface area contributed by atoms with Crippen molar-refractivity contribution >= 4 is 22.6 Å². The number of aromatic nitrogens is 2. The van der Waals surface area contributed by atoms with Gasteiger partial charge in [-0.25, -0.2) is 4.98 Å². The van der Waals surface area contributed by atoms with Crippen LogP contribution in [0.3, 0.4) is 0 Å². The van der Waals surface area contributed by atoms with Crippen molar-refractivity contribution in [2.75, 3.05) is 5.73 Å². The lowest BCUT2D eigenvalue weighted by Crippen LogP contribution is -2.38. The first-order valence-electron chi connectivity index (χ1n) is 10.6. The van der Waals surface area contributed by atoms with Crippen molar-refractivity contribution in [1.29, 1.82) is 0 Å². The monoisotopic (exact) mass is 442 g/mol. The number of fused-ring (bicyclic) bond motifs is 1. The molecule has 168 valence electrons. The van der Waals surface area contributed by atoms with E-state index in [1.54, 1.807) is 23.1 Å². The Balaban J connectivity index is 1.62. The number of benzene rings is 1. The van der Waals surface area contributed by atoms with Crippen molar-refractivity contribution in [1.82, 2.24) is 14.9 Å². The number of halogens is 3. The predicted molar refractivity (Wildman–Crippen MR) is 117 cm³/mol. The second kappa shape index (κ2) is 8.41. The Morgan fingerprint density at radius 1 is 1.22 bits per heavy atom. The molecular formula is C24H25F3N4O. The molecular weight excluding hydrogens is 417 g/mol. The number of hydrogen-bond donors (Lipinski definition) is 1. The molecule has 1 aromatic carbocycles. The number of hydrogen-bond acceptors (Lipinski definition) is 4. The van der Waals surface area contributed by atoms with Gasteiger partial charge in [0.15, 0.2) is 0 Å². The van der Waals surface area contributed by atoms with Crippen LogP contribution >= 0.6 is 0 Å². The van der Waals surface area contributed by atoms with Crippen LogP contribution in [0.25, 0.3) is 10.9 Å². The molecule has 3 aromatic rings. The first-order chi connectivity index (χ1) is 15.1. The fourth-order valence-corrected chi connectivity index (χ4v) is 3.85. The molecule has 1 aliphatic carbocycles. The van der Waals surface area contributed by atoms with E-state index in [0.717, 1.165) is 42.5 Å². The molecule has 0 saturated heterocycles. The fraction of sp³-hybridized carbons (Fsp3) is 0.375. The minimum atomic E-state index is -4.44. The lowest BCUT2D eigenvalue weighted by molar-refractivity contribution is -0.137. The summed E-state index contributed by atoms with van der Waals surface area (Å²) >= 11 is 0. The lowest BCUT2D eigenvalue weighted by atomic mass is 10.0. The number of rotatable bonds is 6. The number of anilines is 1. The maximum absolute atomic E-state index is 13.5. The van der Waals surface area contributed by atoms with Gasteiger partial charge in [0.1, 0.15) is 5.82 Å². The summed E-state index contributed by atoms with van der Waals surface area (Å²) in [5.41, 5.74) is 7.52. The number of nitrogen functional groups attached to an aromatic ring is 1. The number of amides is 1. The lowest BCUT2D eigenvalue weighted by Gasteiger charge is -2.29. The van der Waals surface area contributed by atoms with E-state index < -0.39 is 11.7 Å². The average molecular weight is 442 g/mol. The summed E-state index contributed by atoms with van der Waals surface area (Å²) in [5.74, 6) is 0.855. The average Bonchev–Trinajstić information content (AvgIpc) is 3.55. The number of aryl methyl sites for hydroxylation is 1. The summed E-state index contributed by atoms with van der Waals surface area (Å²) in [6, 6.07) is 9.43. The van der Waals surface area contributed by atoms with Gasteiger partial charge in [-0.15, -0.1) is 0 Å². The van der Waals surface area contributed by atoms with Crippen LogP contribution in [0.4, 0.5) is 19.0 Å². The molecule has 2 heterocycles. The molecule has 1 saturated carbocycles. The first-order valence-corrected chi connectivity index (χ1v) is 10.6. The van der Waals surface area contributed by atoms with Gasteiger partial charge in [0.05, 0.1) is 23.3 Å². The highest BCUT2D eigenvalue weighted by Crippen LogP contribution is 2.35. The van der Waals surface area contributed by atoms with E-state index in [1.807, 2.05) is 19.9 Å². The van der Waals surface area contributed by atoms with Gasteiger partial charge in [-0.3, -0.25) is 9.78 Å². The molecule has 1 fully saturated rings. The summed E-state index contributed by atoms with van der Waals surface area (Å²) in [6.45, 7) is 3.98. The minimum absolute atomic E-state index is 0.0685. The van der Waals surface area contributed by atoms with Crippen molar-refractivity contribution in [3.05, 3.63) is 65.0 Å². The Labute approximate surface area is 184 Å². The van der Waals surface area contributed by atoms with E-state index in [1.165, 1.54) is 6.07 Å². The molecule has 5 nitrogen and oxygen atoms in total. The molecule has 8 heteroatoms. The number of nitrogens with zero attached hydrogens (tertiary/aromatic N) is 3. The number of nitrogens with two attached hydrogens (primary N) is 1. The van der Waals surface area contributed by atoms with Gasteiger partial charge in [-0.1, -0.05) is 12.8 Å². The highest BCUT2D eigenvalue weighted by atomic mass is 19.4. The van der Waals surface area contributed by atoms with Crippen molar-refractivity contribution in [3.63, 3.8) is 0 Å². The Hall–Kier alpha value is -3.16. The van der Waals surface area contributed by atoms with Crippen LogP contribution in [-0.4, -0.2) is 26.8 Å². The summed E-state index contributed by atoms with van der Waals surface area (Å²) in [5, 5.41) is 0.810. The van der Waals surface area contributed by atoms with Crippen LogP contribution in [0.5, 0.6) is 0 Å². The molecule has 0 bridgehead atoms. The van der Waals surface area contributed by atoms with Crippen molar-refractivity contribution in [2.24, 2.45) is 5.92 Å². The maximum Gasteiger partial charge on any atom is 0.417 e. The largest absolute Gasteiger partial charge is 0.417 e. The molecule has 1 amide bonds. The molecule has 0 unspecified atom stereocenters. The third-order valence-corrected chi connectivity index (χ3v) is 5.94. The van der Waals surface area contributed by atoms with Crippen LogP contribution in [0.1, 0.15) is 53.4 Å². The smallest absolute Gasteiger partial charge is 0.383 e. The van der Waals surface area contributed by atoms with Gasteiger partial charge in [0, 0.05) is 23.2 Å². The standard InChI is InChI=1S/C24H25F3N4O/c1-14-9-18-11-17(5-8-21(18)30-22(14)28)23(32)31(15(2)10-16-3-4-16)13-20-7-6-19(12-29-20)24(25,26)27/h5-9,11-12,15-16H,3-4,10,13H2,1-2H3,(H2,28,30)/t15-/m0/s1. The van der Waals surface area contributed by atoms with E-state index in [0.29, 0.717) is 28.5 Å². The van der Waals surface area contributed by atoms with Crippen molar-refractivity contribution < 1.29 is 18.0 Å². The molecule has 2 aromatic heterocycles. The SMILES string of the molecule is Cc1cc2cc(C(=O)N(Cc3ccc(C(F)(F)F)cn3)[C@@H](C)CC3CC3)ccc2nc1N. The first kappa shape index (κ1) is 22.0. The zero-order valence-electron chi connectivity index (χ0n) is 18.0. The summed E-state index contributed by atoms with van der Waals surface area (Å²) < 4.78 is 38.6. The van der Waals surface area contributed by atoms with E-state index >= 15 is 0 Å². The fourth-order valence-electron chi connectivity index (χ4n) is 3.85. The highest BCUT2D eigenvalue weighted by molar-refractivity contribution is 5.98. The van der Waals surface area contributed by atoms with Crippen molar-refractivity contribution in [2.45, 2.75) is 51.9 Å². The number of carbonyl (C=O) groups is 1. The minimum Gasteiger partial charge on any atom is -0.383 e. The zero-order valence-corrected chi connectivity index (χ0v) is 18.0. The third kappa shape index (κ3) is 4.84. The van der Waals surface area contributed by atoms with Crippen LogP contribution < -0.4 is 5.73 Å². The summed E-state index contributed by atoms with van der Waals surface area (Å²) in [4.78, 5) is 23.5. The Kier molecular flexibility index (Phi) is 5.79. The van der Waals surface area contributed by atoms with Gasteiger partial charge < -0.3 is 10.6 Å². The van der Waals surface area contributed by atoms with Gasteiger partial charge in [0.25, 0.3) is 5.91 Å². The van der Waals surface area contributed by atoms with E-state index in [2.05, 4.69) is 9.97 Å². The molecule has 1 aliphatic rings. The number of alkyl halides is 3. The quantitative estimate of drug-likeness (QED) is 0.557. The molecule has 4 rings (SSSR count). The number of pyridine rings is 2. The van der Waals surface area contributed by atoms with Gasteiger partial charge >= 0.3 is 6.18 Å². The topological polar surface area (TPSA) is 72.1 Å². The predicted octanol–water partition coefficient (Wildman–Crippen LogP) is 5.37. The summed E-state index contributed by atoms with van der Waals surface area (Å²) in [6.07, 6.45) is -0.475. The Morgan fingerprint density at radius 2 is 1.97 bits per heavy atom. The van der Waals surface area contributed by atoms with E-state index in [9.17, 15) is 18.0 Å². The maximum atomic E-state index is 13.5. The van der Waals surface area contributed by atoms with Crippen LogP contribution in [0.15, 0.2) is 42.6 Å². The van der Waals surface area contributed by atoms with E-state index in [4.69, 9.17) is 5.73 Å².